The molecule has 0 radical (unpaired) electrons. The second-order valence-corrected chi connectivity index (χ2v) is 5.79. The normalized spacial score (nSPS) is 11.5. The number of nitrogens with one attached hydrogen (secondary N) is 2. The van der Waals surface area contributed by atoms with Crippen molar-refractivity contribution in [1.82, 2.24) is 24.7 Å². The predicted molar refractivity (Wildman–Crippen MR) is 85.6 cm³/mol. The molecular weight excluding hydrogens is 313 g/mol. The smallest absolute Gasteiger partial charge is 0.232 e. The summed E-state index contributed by atoms with van der Waals surface area (Å²) in [4.78, 5) is 11.1. The summed E-state index contributed by atoms with van der Waals surface area (Å²) in [6.45, 7) is 5.32. The molecule has 3 aromatic rings. The minimum Gasteiger partial charge on any atom is -0.480 e. The average molecular weight is 329 g/mol. The highest BCUT2D eigenvalue weighted by Crippen LogP contribution is 2.28. The number of hydrogen-bond donors (Lipinski definition) is 2. The minimum atomic E-state index is -0.782. The number of ether oxygens (including phenoxy) is 1. The molecular formula is C15H16FN7O. The van der Waals surface area contributed by atoms with Gasteiger partial charge in [0.25, 0.3) is 0 Å². The maximum atomic E-state index is 13.7. The number of aromatic nitrogens is 5. The molecule has 2 N–H and O–H groups in total. The Balaban J connectivity index is 2.00. The van der Waals surface area contributed by atoms with E-state index in [2.05, 4.69) is 31.4 Å². The van der Waals surface area contributed by atoms with Crippen molar-refractivity contribution in [3.05, 3.63) is 23.9 Å². The largest absolute Gasteiger partial charge is 0.480 e. The van der Waals surface area contributed by atoms with E-state index in [1.54, 1.807) is 31.6 Å². The summed E-state index contributed by atoms with van der Waals surface area (Å²) in [5, 5.41) is 16.8. The number of H-pyrrole nitrogens is 1. The van der Waals surface area contributed by atoms with Gasteiger partial charge in [0.2, 0.25) is 11.8 Å². The van der Waals surface area contributed by atoms with Crippen LogP contribution >= 0.6 is 0 Å². The van der Waals surface area contributed by atoms with Crippen LogP contribution in [0.3, 0.4) is 0 Å². The van der Waals surface area contributed by atoms with Crippen LogP contribution in [0.2, 0.25) is 0 Å². The fourth-order valence-corrected chi connectivity index (χ4v) is 2.21. The molecule has 0 aromatic carbocycles. The molecule has 3 aromatic heterocycles. The summed E-state index contributed by atoms with van der Waals surface area (Å²) in [7, 11) is 1.41. The highest BCUT2D eigenvalue weighted by molar-refractivity contribution is 5.83. The van der Waals surface area contributed by atoms with Crippen molar-refractivity contribution in [3.8, 4) is 11.9 Å². The summed E-state index contributed by atoms with van der Waals surface area (Å²) in [5.41, 5.74) is 0.866. The number of nitrogens with zero attached hydrogens (tertiary/aromatic N) is 5. The molecule has 0 saturated carbocycles. The highest BCUT2D eigenvalue weighted by Gasteiger charge is 2.22. The predicted octanol–water partition coefficient (Wildman–Crippen LogP) is 2.61. The molecule has 124 valence electrons. The average Bonchev–Trinajstić information content (AvgIpc) is 3.11. The topological polar surface area (TPSA) is 104 Å². The zero-order valence-corrected chi connectivity index (χ0v) is 13.7. The Morgan fingerprint density at radius 2 is 2.17 bits per heavy atom. The summed E-state index contributed by atoms with van der Waals surface area (Å²) in [5.74, 6) is -0.115. The molecule has 9 heteroatoms. The summed E-state index contributed by atoms with van der Waals surface area (Å²) in [6, 6.07) is 2.18. The van der Waals surface area contributed by atoms with E-state index >= 15 is 0 Å². The number of fused-ring (bicyclic) bond motifs is 1. The van der Waals surface area contributed by atoms with Crippen LogP contribution in [0.5, 0.6) is 5.88 Å². The van der Waals surface area contributed by atoms with Crippen LogP contribution in [0.25, 0.3) is 11.0 Å². The van der Waals surface area contributed by atoms with Crippen molar-refractivity contribution in [2.75, 3.05) is 12.4 Å². The van der Waals surface area contributed by atoms with Gasteiger partial charge in [0.15, 0.2) is 5.82 Å². The van der Waals surface area contributed by atoms with E-state index in [1.807, 2.05) is 0 Å². The molecule has 24 heavy (non-hydrogen) atoms. The molecule has 0 bridgehead atoms. The molecule has 0 aliphatic heterocycles. The zero-order chi connectivity index (χ0) is 17.5. The first-order valence-corrected chi connectivity index (χ1v) is 7.19. The lowest BCUT2D eigenvalue weighted by atomic mass is 10.1. The molecule has 0 saturated heterocycles. The van der Waals surface area contributed by atoms with E-state index in [9.17, 15) is 9.65 Å². The van der Waals surface area contributed by atoms with E-state index in [1.165, 1.54) is 13.3 Å². The first kappa shape index (κ1) is 15.7. The number of methoxy groups -OCH3 is 1. The highest BCUT2D eigenvalue weighted by atomic mass is 19.1. The Labute approximate surface area is 137 Å². The molecule has 3 rings (SSSR count). The Hall–Kier alpha value is -3.15. The molecule has 0 atom stereocenters. The van der Waals surface area contributed by atoms with Crippen molar-refractivity contribution < 1.29 is 9.13 Å². The SMILES string of the molecule is COc1nc(Nc2cn(C(C)(C)C#N)nc2C)nc2[nH]cc(F)c12. The number of aromatic amines is 1. The van der Waals surface area contributed by atoms with Crippen LogP contribution < -0.4 is 10.1 Å². The van der Waals surface area contributed by atoms with Gasteiger partial charge in [0.05, 0.1) is 30.8 Å². The monoisotopic (exact) mass is 329 g/mol. The molecule has 0 fully saturated rings. The van der Waals surface area contributed by atoms with Gasteiger partial charge < -0.3 is 15.0 Å². The van der Waals surface area contributed by atoms with E-state index in [4.69, 9.17) is 4.74 Å². The Bertz CT molecular complexity index is 951. The van der Waals surface area contributed by atoms with Gasteiger partial charge in [0, 0.05) is 6.20 Å². The third-order valence-electron chi connectivity index (χ3n) is 3.64. The van der Waals surface area contributed by atoms with Crippen molar-refractivity contribution in [2.24, 2.45) is 0 Å². The number of rotatable bonds is 4. The van der Waals surface area contributed by atoms with Gasteiger partial charge in [-0.25, -0.2) is 4.39 Å². The lowest BCUT2D eigenvalue weighted by Crippen LogP contribution is -2.24. The number of aryl methyl sites for hydroxylation is 1. The third-order valence-corrected chi connectivity index (χ3v) is 3.64. The van der Waals surface area contributed by atoms with Crippen molar-refractivity contribution in [2.45, 2.75) is 26.3 Å². The van der Waals surface area contributed by atoms with Gasteiger partial charge in [-0.2, -0.15) is 20.3 Å². The molecule has 0 aliphatic rings. The Morgan fingerprint density at radius 1 is 1.42 bits per heavy atom. The van der Waals surface area contributed by atoms with Crippen LogP contribution in [-0.2, 0) is 5.54 Å². The number of nitriles is 1. The summed E-state index contributed by atoms with van der Waals surface area (Å²) >= 11 is 0. The molecule has 8 nitrogen and oxygen atoms in total. The van der Waals surface area contributed by atoms with E-state index < -0.39 is 11.4 Å². The molecule has 0 unspecified atom stereocenters. The second-order valence-electron chi connectivity index (χ2n) is 5.79. The number of halogens is 1. The van der Waals surface area contributed by atoms with E-state index in [0.717, 1.165) is 0 Å². The number of hydrogen-bond acceptors (Lipinski definition) is 6. The first-order chi connectivity index (χ1) is 11.4. The second kappa shape index (κ2) is 5.49. The van der Waals surface area contributed by atoms with Crippen LogP contribution in [0.15, 0.2) is 12.4 Å². The van der Waals surface area contributed by atoms with Crippen LogP contribution in [-0.4, -0.2) is 31.8 Å². The van der Waals surface area contributed by atoms with Gasteiger partial charge in [-0.3, -0.25) is 4.68 Å². The summed E-state index contributed by atoms with van der Waals surface area (Å²) in [6.07, 6.45) is 2.90. The van der Waals surface area contributed by atoms with Gasteiger partial charge in [0.1, 0.15) is 16.6 Å². The molecule has 0 amide bonds. The Morgan fingerprint density at radius 3 is 2.83 bits per heavy atom. The van der Waals surface area contributed by atoms with E-state index in [0.29, 0.717) is 17.0 Å². The van der Waals surface area contributed by atoms with Crippen LogP contribution in [0.1, 0.15) is 19.5 Å². The van der Waals surface area contributed by atoms with Crippen molar-refractivity contribution in [1.29, 1.82) is 5.26 Å². The van der Waals surface area contributed by atoms with E-state index in [-0.39, 0.29) is 17.2 Å². The molecule has 3 heterocycles. The minimum absolute atomic E-state index is 0.128. The van der Waals surface area contributed by atoms with Gasteiger partial charge in [-0.05, 0) is 20.8 Å². The summed E-state index contributed by atoms with van der Waals surface area (Å²) < 4.78 is 20.4. The standard InChI is InChI=1S/C15H16FN7O/c1-8-10(6-23(22-8)15(2,3)7-17)19-14-20-12-11(9(16)5-18-12)13(21-14)24-4/h5-6H,1-4H3,(H2,18,19,20,21). The Kier molecular flexibility index (Phi) is 3.60. The van der Waals surface area contributed by atoms with Gasteiger partial charge >= 0.3 is 0 Å². The first-order valence-electron chi connectivity index (χ1n) is 7.19. The lowest BCUT2D eigenvalue weighted by molar-refractivity contribution is 0.402. The fraction of sp³-hybridized carbons (Fsp3) is 0.333. The van der Waals surface area contributed by atoms with Crippen LogP contribution in [0, 0.1) is 24.1 Å². The molecule has 0 spiro atoms. The zero-order valence-electron chi connectivity index (χ0n) is 13.7. The fourth-order valence-electron chi connectivity index (χ4n) is 2.21. The lowest BCUT2D eigenvalue weighted by Gasteiger charge is -2.15. The van der Waals surface area contributed by atoms with Gasteiger partial charge in [-0.1, -0.05) is 0 Å². The van der Waals surface area contributed by atoms with Gasteiger partial charge in [-0.15, -0.1) is 0 Å². The molecule has 0 aliphatic carbocycles. The van der Waals surface area contributed by atoms with Crippen molar-refractivity contribution in [3.63, 3.8) is 0 Å². The third kappa shape index (κ3) is 2.52. The van der Waals surface area contributed by atoms with Crippen molar-refractivity contribution >= 4 is 22.7 Å². The quantitative estimate of drug-likeness (QED) is 0.762. The maximum Gasteiger partial charge on any atom is 0.232 e. The van der Waals surface area contributed by atoms with Crippen LogP contribution in [0.4, 0.5) is 16.0 Å². The maximum absolute atomic E-state index is 13.7. The number of anilines is 2.